The van der Waals surface area contributed by atoms with E-state index in [1.165, 1.54) is 0 Å². The number of benzene rings is 1. The van der Waals surface area contributed by atoms with Crippen LogP contribution in [0.3, 0.4) is 0 Å². The minimum atomic E-state index is -0.999. The molecule has 1 amide bonds. The summed E-state index contributed by atoms with van der Waals surface area (Å²) in [6.07, 6.45) is 2.48. The van der Waals surface area contributed by atoms with Crippen LogP contribution >= 0.6 is 11.6 Å². The van der Waals surface area contributed by atoms with Gasteiger partial charge in [-0.1, -0.05) is 17.7 Å². The lowest BCUT2D eigenvalue weighted by Gasteiger charge is -2.25. The zero-order valence-electron chi connectivity index (χ0n) is 14.1. The van der Waals surface area contributed by atoms with Crippen molar-refractivity contribution >= 4 is 23.2 Å². The Labute approximate surface area is 150 Å². The Morgan fingerprint density at radius 2 is 1.96 bits per heavy atom. The lowest BCUT2D eigenvalue weighted by Crippen LogP contribution is -2.47. The Bertz CT molecular complexity index is 874. The molecule has 130 valence electrons. The molecule has 3 rings (SSSR count). The van der Waals surface area contributed by atoms with Crippen LogP contribution in [0, 0.1) is 0 Å². The number of hydrogen-bond acceptors (Lipinski definition) is 4. The predicted octanol–water partition coefficient (Wildman–Crippen LogP) is 2.90. The van der Waals surface area contributed by atoms with Gasteiger partial charge in [0.25, 0.3) is 5.91 Å². The third-order valence-corrected chi connectivity index (χ3v) is 4.00. The second kappa shape index (κ2) is 7.11. The molecule has 1 aromatic carbocycles. The highest BCUT2D eigenvalue weighted by Crippen LogP contribution is 2.21. The number of pyridine rings is 1. The third kappa shape index (κ3) is 4.09. The fourth-order valence-corrected chi connectivity index (χ4v) is 2.53. The molecule has 6 nitrogen and oxygen atoms in total. The van der Waals surface area contributed by atoms with E-state index in [2.05, 4.69) is 15.5 Å². The van der Waals surface area contributed by atoms with E-state index in [1.54, 1.807) is 38.1 Å². The summed E-state index contributed by atoms with van der Waals surface area (Å²) in [6.45, 7) is 3.90. The largest absolute Gasteiger partial charge is 0.478 e. The van der Waals surface area contributed by atoms with Gasteiger partial charge in [-0.25, -0.2) is 0 Å². The molecule has 2 aromatic heterocycles. The van der Waals surface area contributed by atoms with Crippen molar-refractivity contribution in [1.29, 1.82) is 0 Å². The summed E-state index contributed by atoms with van der Waals surface area (Å²) >= 11 is 5.86. The van der Waals surface area contributed by atoms with Gasteiger partial charge in [-0.2, -0.15) is 0 Å². The van der Waals surface area contributed by atoms with E-state index in [-0.39, 0.29) is 5.91 Å². The molecule has 1 N–H and O–H groups in total. The van der Waals surface area contributed by atoms with Gasteiger partial charge in [0, 0.05) is 24.2 Å². The van der Waals surface area contributed by atoms with Gasteiger partial charge in [-0.3, -0.25) is 9.20 Å². The SMILES string of the molecule is CC(C)(Oc1ccc(Cl)cc1)C(=O)NCCc1nnc2ccccn12. The Balaban J connectivity index is 1.56. The zero-order valence-corrected chi connectivity index (χ0v) is 14.8. The van der Waals surface area contributed by atoms with Crippen LogP contribution in [0.2, 0.25) is 5.02 Å². The van der Waals surface area contributed by atoms with E-state index in [9.17, 15) is 4.79 Å². The molecule has 3 aromatic rings. The van der Waals surface area contributed by atoms with Crippen molar-refractivity contribution in [1.82, 2.24) is 19.9 Å². The van der Waals surface area contributed by atoms with Gasteiger partial charge in [0.05, 0.1) is 0 Å². The number of aromatic nitrogens is 3. The average molecular weight is 359 g/mol. The van der Waals surface area contributed by atoms with E-state index in [0.717, 1.165) is 11.5 Å². The van der Waals surface area contributed by atoms with Gasteiger partial charge in [-0.05, 0) is 50.2 Å². The Morgan fingerprint density at radius 3 is 2.72 bits per heavy atom. The first kappa shape index (κ1) is 17.2. The standard InChI is InChI=1S/C18H19ClN4O2/c1-18(2,25-14-8-6-13(19)7-9-14)17(24)20-11-10-16-22-21-15-5-3-4-12-23(15)16/h3-9,12H,10-11H2,1-2H3,(H,20,24). The number of nitrogens with one attached hydrogen (secondary N) is 1. The molecular weight excluding hydrogens is 340 g/mol. The highest BCUT2D eigenvalue weighted by molar-refractivity contribution is 6.30. The maximum absolute atomic E-state index is 12.4. The first-order valence-corrected chi connectivity index (χ1v) is 8.35. The number of hydrogen-bond donors (Lipinski definition) is 1. The minimum absolute atomic E-state index is 0.198. The molecule has 0 aliphatic rings. The Hall–Kier alpha value is -2.60. The molecule has 7 heteroatoms. The zero-order chi connectivity index (χ0) is 17.9. The van der Waals surface area contributed by atoms with E-state index in [4.69, 9.17) is 16.3 Å². The molecule has 0 radical (unpaired) electrons. The molecule has 0 saturated carbocycles. The Morgan fingerprint density at radius 1 is 1.20 bits per heavy atom. The number of carbonyl (C=O) groups is 1. The van der Waals surface area contributed by atoms with Crippen LogP contribution in [0.15, 0.2) is 48.7 Å². The van der Waals surface area contributed by atoms with Crippen LogP contribution in [0.5, 0.6) is 5.75 Å². The van der Waals surface area contributed by atoms with Gasteiger partial charge in [-0.15, -0.1) is 10.2 Å². The van der Waals surface area contributed by atoms with Gasteiger partial charge >= 0.3 is 0 Å². The van der Waals surface area contributed by atoms with Crippen LogP contribution < -0.4 is 10.1 Å². The molecule has 0 saturated heterocycles. The van der Waals surface area contributed by atoms with Crippen molar-refractivity contribution in [3.8, 4) is 5.75 Å². The highest BCUT2D eigenvalue weighted by Gasteiger charge is 2.29. The molecule has 25 heavy (non-hydrogen) atoms. The summed E-state index contributed by atoms with van der Waals surface area (Å²) in [5.41, 5.74) is -0.212. The van der Waals surface area contributed by atoms with Crippen molar-refractivity contribution in [3.63, 3.8) is 0 Å². The van der Waals surface area contributed by atoms with Crippen LogP contribution in [0.1, 0.15) is 19.7 Å². The fraction of sp³-hybridized carbons (Fsp3) is 0.278. The lowest BCUT2D eigenvalue weighted by molar-refractivity contribution is -0.134. The number of halogens is 1. The molecule has 0 atom stereocenters. The lowest BCUT2D eigenvalue weighted by atomic mass is 10.1. The van der Waals surface area contributed by atoms with Crippen molar-refractivity contribution in [2.75, 3.05) is 6.54 Å². The number of amides is 1. The molecule has 0 fully saturated rings. The number of carbonyl (C=O) groups excluding carboxylic acids is 1. The molecule has 0 bridgehead atoms. The quantitative estimate of drug-likeness (QED) is 0.735. The Kier molecular flexibility index (Phi) is 4.90. The third-order valence-electron chi connectivity index (χ3n) is 3.75. The first-order valence-electron chi connectivity index (χ1n) is 7.97. The number of ether oxygens (including phenoxy) is 1. The van der Waals surface area contributed by atoms with Crippen LogP contribution in [-0.4, -0.2) is 32.7 Å². The van der Waals surface area contributed by atoms with Crippen LogP contribution in [0.4, 0.5) is 0 Å². The van der Waals surface area contributed by atoms with Gasteiger partial charge in [0.2, 0.25) is 0 Å². The summed E-state index contributed by atoms with van der Waals surface area (Å²) < 4.78 is 7.68. The smallest absolute Gasteiger partial charge is 0.263 e. The molecule has 0 unspecified atom stereocenters. The summed E-state index contributed by atoms with van der Waals surface area (Å²) in [5, 5.41) is 11.7. The minimum Gasteiger partial charge on any atom is -0.478 e. The first-order chi connectivity index (χ1) is 12.0. The van der Waals surface area contributed by atoms with E-state index in [0.29, 0.717) is 23.7 Å². The van der Waals surface area contributed by atoms with Gasteiger partial charge in [0.15, 0.2) is 11.2 Å². The predicted molar refractivity (Wildman–Crippen MR) is 95.9 cm³/mol. The fourth-order valence-electron chi connectivity index (χ4n) is 2.41. The maximum Gasteiger partial charge on any atom is 0.263 e. The average Bonchev–Trinajstić information content (AvgIpc) is 3.00. The normalized spacial score (nSPS) is 11.5. The molecule has 0 aliphatic heterocycles. The van der Waals surface area contributed by atoms with Gasteiger partial charge in [0.1, 0.15) is 11.6 Å². The topological polar surface area (TPSA) is 68.5 Å². The summed E-state index contributed by atoms with van der Waals surface area (Å²) in [7, 11) is 0. The molecule has 0 spiro atoms. The van der Waals surface area contributed by atoms with Crippen molar-refractivity contribution in [3.05, 3.63) is 59.5 Å². The number of rotatable bonds is 6. The highest BCUT2D eigenvalue weighted by atomic mass is 35.5. The summed E-state index contributed by atoms with van der Waals surface area (Å²) in [4.78, 5) is 12.4. The van der Waals surface area contributed by atoms with Crippen LogP contribution in [-0.2, 0) is 11.2 Å². The van der Waals surface area contributed by atoms with E-state index >= 15 is 0 Å². The van der Waals surface area contributed by atoms with Crippen LogP contribution in [0.25, 0.3) is 5.65 Å². The summed E-state index contributed by atoms with van der Waals surface area (Å²) in [6, 6.07) is 12.6. The monoisotopic (exact) mass is 358 g/mol. The second-order valence-corrected chi connectivity index (χ2v) is 6.55. The van der Waals surface area contributed by atoms with Gasteiger partial charge < -0.3 is 10.1 Å². The molecular formula is C18H19ClN4O2. The molecule has 2 heterocycles. The summed E-state index contributed by atoms with van der Waals surface area (Å²) in [5.74, 6) is 1.19. The maximum atomic E-state index is 12.4. The number of nitrogens with zero attached hydrogens (tertiary/aromatic N) is 3. The second-order valence-electron chi connectivity index (χ2n) is 6.12. The van der Waals surface area contributed by atoms with Crippen molar-refractivity contribution in [2.45, 2.75) is 25.9 Å². The number of fused-ring (bicyclic) bond motifs is 1. The van der Waals surface area contributed by atoms with E-state index in [1.807, 2.05) is 28.8 Å². The van der Waals surface area contributed by atoms with Crippen molar-refractivity contribution in [2.24, 2.45) is 0 Å². The van der Waals surface area contributed by atoms with E-state index < -0.39 is 5.60 Å². The van der Waals surface area contributed by atoms with Crippen molar-refractivity contribution < 1.29 is 9.53 Å². The molecule has 0 aliphatic carbocycles.